The Morgan fingerprint density at radius 3 is 2.05 bits per heavy atom. The van der Waals surface area contributed by atoms with E-state index < -0.39 is 6.09 Å². The number of anilines is 2. The molecular weight excluding hydrogens is 240 g/mol. The third-order valence-corrected chi connectivity index (χ3v) is 3.01. The lowest BCUT2D eigenvalue weighted by atomic mass is 9.92. The summed E-state index contributed by atoms with van der Waals surface area (Å²) in [6.07, 6.45) is -0.434. The molecule has 1 amide bonds. The quantitative estimate of drug-likeness (QED) is 0.805. The molecule has 4 nitrogen and oxygen atoms in total. The average Bonchev–Trinajstić information content (AvgIpc) is 2.30. The smallest absolute Gasteiger partial charge is 0.411 e. The summed E-state index contributed by atoms with van der Waals surface area (Å²) < 4.78 is 4.90. The number of nitrogen functional groups attached to an aromatic ring is 1. The molecule has 3 N–H and O–H groups in total. The van der Waals surface area contributed by atoms with Crippen LogP contribution in [0.1, 0.15) is 57.6 Å². The number of rotatable bonds is 4. The van der Waals surface area contributed by atoms with E-state index in [1.54, 1.807) is 6.92 Å². The van der Waals surface area contributed by atoms with E-state index >= 15 is 0 Å². The molecule has 0 saturated heterocycles. The predicted molar refractivity (Wildman–Crippen MR) is 79.7 cm³/mol. The van der Waals surface area contributed by atoms with Gasteiger partial charge in [-0.2, -0.15) is 0 Å². The third-order valence-electron chi connectivity index (χ3n) is 3.01. The van der Waals surface area contributed by atoms with Crippen LogP contribution in [0.3, 0.4) is 0 Å². The van der Waals surface area contributed by atoms with Crippen LogP contribution in [-0.4, -0.2) is 12.7 Å². The molecule has 0 aromatic heterocycles. The summed E-state index contributed by atoms with van der Waals surface area (Å²) in [6, 6.07) is 3.84. The van der Waals surface area contributed by atoms with Gasteiger partial charge in [-0.3, -0.25) is 5.32 Å². The minimum atomic E-state index is -0.434. The highest BCUT2D eigenvalue weighted by molar-refractivity contribution is 5.85. The van der Waals surface area contributed by atoms with E-state index in [-0.39, 0.29) is 0 Å². The van der Waals surface area contributed by atoms with Gasteiger partial charge in [-0.15, -0.1) is 0 Å². The number of carbonyl (C=O) groups is 1. The highest BCUT2D eigenvalue weighted by atomic mass is 16.5. The molecule has 19 heavy (non-hydrogen) atoms. The zero-order chi connectivity index (χ0) is 14.6. The van der Waals surface area contributed by atoms with Crippen molar-refractivity contribution >= 4 is 17.5 Å². The molecular formula is C15H24N2O2. The number of carbonyl (C=O) groups excluding carboxylic acids is 1. The first-order valence-corrected chi connectivity index (χ1v) is 6.73. The van der Waals surface area contributed by atoms with E-state index in [9.17, 15) is 4.79 Å². The van der Waals surface area contributed by atoms with E-state index in [4.69, 9.17) is 10.5 Å². The van der Waals surface area contributed by atoms with Crippen LogP contribution < -0.4 is 11.1 Å². The fourth-order valence-electron chi connectivity index (χ4n) is 2.01. The molecule has 0 radical (unpaired) electrons. The maximum absolute atomic E-state index is 11.5. The van der Waals surface area contributed by atoms with Crippen LogP contribution in [0.5, 0.6) is 0 Å². The van der Waals surface area contributed by atoms with E-state index in [2.05, 4.69) is 33.0 Å². The Kier molecular flexibility index (Phi) is 5.21. The predicted octanol–water partition coefficient (Wildman–Crippen LogP) is 4.08. The van der Waals surface area contributed by atoms with Gasteiger partial charge in [0.25, 0.3) is 0 Å². The molecule has 0 atom stereocenters. The van der Waals surface area contributed by atoms with Crippen LogP contribution in [0.25, 0.3) is 0 Å². The van der Waals surface area contributed by atoms with Crippen LogP contribution in [0.4, 0.5) is 16.2 Å². The summed E-state index contributed by atoms with van der Waals surface area (Å²) in [5.41, 5.74) is 9.86. The van der Waals surface area contributed by atoms with Gasteiger partial charge in [-0.05, 0) is 42.0 Å². The van der Waals surface area contributed by atoms with E-state index in [1.807, 2.05) is 12.1 Å². The fraction of sp³-hybridized carbons (Fsp3) is 0.533. The SMILES string of the molecule is CCOC(=O)Nc1cc(C(C)C)c(N)c(C(C)C)c1. The van der Waals surface area contributed by atoms with Gasteiger partial charge in [-0.25, -0.2) is 4.79 Å². The van der Waals surface area contributed by atoms with Crippen molar-refractivity contribution in [1.82, 2.24) is 0 Å². The normalized spacial score (nSPS) is 10.9. The number of ether oxygens (including phenoxy) is 1. The van der Waals surface area contributed by atoms with Gasteiger partial charge in [0.2, 0.25) is 0 Å². The number of hydrogen-bond donors (Lipinski definition) is 2. The maximum atomic E-state index is 11.5. The lowest BCUT2D eigenvalue weighted by Crippen LogP contribution is -2.14. The van der Waals surface area contributed by atoms with Gasteiger partial charge < -0.3 is 10.5 Å². The first-order chi connectivity index (χ1) is 8.86. The van der Waals surface area contributed by atoms with Crippen molar-refractivity contribution < 1.29 is 9.53 Å². The lowest BCUT2D eigenvalue weighted by Gasteiger charge is -2.18. The average molecular weight is 264 g/mol. The van der Waals surface area contributed by atoms with E-state index in [0.717, 1.165) is 22.5 Å². The number of hydrogen-bond acceptors (Lipinski definition) is 3. The van der Waals surface area contributed by atoms with Gasteiger partial charge in [0, 0.05) is 11.4 Å². The van der Waals surface area contributed by atoms with Gasteiger partial charge in [0.1, 0.15) is 0 Å². The number of amides is 1. The monoisotopic (exact) mass is 264 g/mol. The van der Waals surface area contributed by atoms with Crippen LogP contribution in [0, 0.1) is 0 Å². The van der Waals surface area contributed by atoms with Crippen LogP contribution in [0.15, 0.2) is 12.1 Å². The first-order valence-electron chi connectivity index (χ1n) is 6.73. The largest absolute Gasteiger partial charge is 0.450 e. The maximum Gasteiger partial charge on any atom is 0.411 e. The molecule has 1 aromatic carbocycles. The minimum Gasteiger partial charge on any atom is -0.450 e. The molecule has 0 heterocycles. The number of benzene rings is 1. The first kappa shape index (κ1) is 15.3. The zero-order valence-corrected chi connectivity index (χ0v) is 12.4. The molecule has 4 heteroatoms. The van der Waals surface area contributed by atoms with Gasteiger partial charge in [0.05, 0.1) is 6.61 Å². The van der Waals surface area contributed by atoms with Crippen molar-refractivity contribution in [1.29, 1.82) is 0 Å². The number of nitrogens with two attached hydrogens (primary N) is 1. The van der Waals surface area contributed by atoms with Crippen molar-refractivity contribution in [2.24, 2.45) is 0 Å². The Morgan fingerprint density at radius 1 is 1.21 bits per heavy atom. The minimum absolute atomic E-state index is 0.307. The summed E-state index contributed by atoms with van der Waals surface area (Å²) in [7, 11) is 0. The summed E-state index contributed by atoms with van der Waals surface area (Å²) in [6.45, 7) is 10.5. The molecule has 0 fully saturated rings. The second-order valence-corrected chi connectivity index (χ2v) is 5.22. The Labute approximate surface area is 115 Å². The van der Waals surface area contributed by atoms with Crippen LogP contribution in [0.2, 0.25) is 0 Å². The molecule has 0 aliphatic heterocycles. The Morgan fingerprint density at radius 2 is 1.68 bits per heavy atom. The second-order valence-electron chi connectivity index (χ2n) is 5.22. The topological polar surface area (TPSA) is 64.3 Å². The molecule has 0 unspecified atom stereocenters. The molecule has 0 bridgehead atoms. The molecule has 0 spiro atoms. The van der Waals surface area contributed by atoms with Crippen LogP contribution >= 0.6 is 0 Å². The second kappa shape index (κ2) is 6.45. The highest BCUT2D eigenvalue weighted by Gasteiger charge is 2.14. The van der Waals surface area contributed by atoms with Crippen molar-refractivity contribution in [3.05, 3.63) is 23.3 Å². The molecule has 0 aliphatic rings. The lowest BCUT2D eigenvalue weighted by molar-refractivity contribution is 0.168. The highest BCUT2D eigenvalue weighted by Crippen LogP contribution is 2.33. The standard InChI is InChI=1S/C15H24N2O2/c1-6-19-15(18)17-11-7-12(9(2)3)14(16)13(8-11)10(4)5/h7-10H,6,16H2,1-5H3,(H,17,18). The molecule has 1 aromatic rings. The Hall–Kier alpha value is -1.71. The van der Waals surface area contributed by atoms with Crippen molar-refractivity contribution in [2.45, 2.75) is 46.5 Å². The summed E-state index contributed by atoms with van der Waals surface area (Å²) in [5.74, 6) is 0.614. The zero-order valence-electron chi connectivity index (χ0n) is 12.4. The third kappa shape index (κ3) is 3.88. The van der Waals surface area contributed by atoms with E-state index in [1.165, 1.54) is 0 Å². The van der Waals surface area contributed by atoms with Crippen LogP contribution in [-0.2, 0) is 4.74 Å². The van der Waals surface area contributed by atoms with Crippen molar-refractivity contribution in [3.8, 4) is 0 Å². The Bertz CT molecular complexity index is 424. The van der Waals surface area contributed by atoms with Gasteiger partial charge in [-0.1, -0.05) is 27.7 Å². The van der Waals surface area contributed by atoms with Gasteiger partial charge in [0.15, 0.2) is 0 Å². The summed E-state index contributed by atoms with van der Waals surface area (Å²) in [4.78, 5) is 11.5. The Balaban J connectivity index is 3.15. The molecule has 0 saturated carbocycles. The number of nitrogens with one attached hydrogen (secondary N) is 1. The summed E-state index contributed by atoms with van der Waals surface area (Å²) >= 11 is 0. The van der Waals surface area contributed by atoms with Gasteiger partial charge >= 0.3 is 6.09 Å². The van der Waals surface area contributed by atoms with Crippen molar-refractivity contribution in [2.75, 3.05) is 17.7 Å². The van der Waals surface area contributed by atoms with Crippen molar-refractivity contribution in [3.63, 3.8) is 0 Å². The van der Waals surface area contributed by atoms with E-state index in [0.29, 0.717) is 18.4 Å². The molecule has 1 rings (SSSR count). The molecule has 106 valence electrons. The fourth-order valence-corrected chi connectivity index (χ4v) is 2.01. The molecule has 0 aliphatic carbocycles. The summed E-state index contributed by atoms with van der Waals surface area (Å²) in [5, 5.41) is 2.74.